The molecule has 0 aromatic carbocycles. The maximum atomic E-state index is 12.0. The molecule has 18 heavy (non-hydrogen) atoms. The lowest BCUT2D eigenvalue weighted by Gasteiger charge is -2.46. The van der Waals surface area contributed by atoms with E-state index in [1.54, 1.807) is 20.8 Å². The van der Waals surface area contributed by atoms with Crippen molar-refractivity contribution in [2.45, 2.75) is 51.7 Å². The Labute approximate surface area is 107 Å². The molecule has 2 aliphatic rings. The van der Waals surface area contributed by atoms with Crippen molar-refractivity contribution in [1.82, 2.24) is 5.32 Å². The second-order valence-electron chi connectivity index (χ2n) is 6.46. The Kier molecular flexibility index (Phi) is 3.13. The zero-order valence-electron chi connectivity index (χ0n) is 11.2. The quantitative estimate of drug-likeness (QED) is 0.737. The third-order valence-electron chi connectivity index (χ3n) is 3.59. The van der Waals surface area contributed by atoms with Gasteiger partial charge >= 0.3 is 11.9 Å². The molecule has 2 unspecified atom stereocenters. The standard InChI is InChI=1S/C13H21NO4/c1-12(2,3)18-10(15)9-13(7-14-9,11(16)17)6-8-4-5-8/h8-9,14H,4-7H2,1-3H3,(H,16,17). The van der Waals surface area contributed by atoms with Crippen LogP contribution in [0.5, 0.6) is 0 Å². The van der Waals surface area contributed by atoms with Gasteiger partial charge in [-0.2, -0.15) is 0 Å². The van der Waals surface area contributed by atoms with E-state index in [1.807, 2.05) is 0 Å². The van der Waals surface area contributed by atoms with Gasteiger partial charge in [0.25, 0.3) is 0 Å². The van der Waals surface area contributed by atoms with E-state index < -0.39 is 29.0 Å². The Hall–Kier alpha value is -1.10. The number of carbonyl (C=O) groups excluding carboxylic acids is 1. The van der Waals surface area contributed by atoms with Gasteiger partial charge in [0.05, 0.1) is 0 Å². The number of hydrogen-bond acceptors (Lipinski definition) is 4. The molecule has 1 saturated heterocycles. The van der Waals surface area contributed by atoms with E-state index in [0.717, 1.165) is 12.8 Å². The van der Waals surface area contributed by atoms with Gasteiger partial charge < -0.3 is 15.2 Å². The second-order valence-corrected chi connectivity index (χ2v) is 6.46. The monoisotopic (exact) mass is 255 g/mol. The molecule has 0 aromatic rings. The molecule has 2 atom stereocenters. The first-order valence-electron chi connectivity index (χ1n) is 6.44. The Bertz CT molecular complexity index is 370. The average molecular weight is 255 g/mol. The molecular weight excluding hydrogens is 234 g/mol. The van der Waals surface area contributed by atoms with E-state index in [4.69, 9.17) is 4.74 Å². The van der Waals surface area contributed by atoms with Crippen LogP contribution in [0.4, 0.5) is 0 Å². The van der Waals surface area contributed by atoms with Gasteiger partial charge in [-0.05, 0) is 33.1 Å². The number of rotatable bonds is 4. The molecule has 2 fully saturated rings. The normalized spacial score (nSPS) is 31.6. The molecule has 2 rings (SSSR count). The second kappa shape index (κ2) is 4.23. The fourth-order valence-corrected chi connectivity index (χ4v) is 2.43. The third-order valence-corrected chi connectivity index (χ3v) is 3.59. The fourth-order valence-electron chi connectivity index (χ4n) is 2.43. The average Bonchev–Trinajstić information content (AvgIpc) is 2.91. The highest BCUT2D eigenvalue weighted by Gasteiger charge is 2.59. The van der Waals surface area contributed by atoms with Gasteiger partial charge in [0, 0.05) is 6.54 Å². The van der Waals surface area contributed by atoms with Crippen molar-refractivity contribution in [3.8, 4) is 0 Å². The number of esters is 1. The smallest absolute Gasteiger partial charge is 0.324 e. The van der Waals surface area contributed by atoms with Crippen LogP contribution in [-0.2, 0) is 14.3 Å². The molecule has 0 amide bonds. The van der Waals surface area contributed by atoms with E-state index in [1.165, 1.54) is 0 Å². The molecule has 1 aliphatic carbocycles. The number of carboxylic acids is 1. The van der Waals surface area contributed by atoms with Crippen molar-refractivity contribution in [1.29, 1.82) is 0 Å². The summed E-state index contributed by atoms with van der Waals surface area (Å²) in [6, 6.07) is -0.699. The highest BCUT2D eigenvalue weighted by atomic mass is 16.6. The SMILES string of the molecule is CC(C)(C)OC(=O)C1NCC1(CC1CC1)C(=O)O. The zero-order chi connectivity index (χ0) is 13.6. The predicted octanol–water partition coefficient (Wildman–Crippen LogP) is 1.17. The van der Waals surface area contributed by atoms with Gasteiger partial charge in [-0.1, -0.05) is 12.8 Å². The topological polar surface area (TPSA) is 75.6 Å². The van der Waals surface area contributed by atoms with E-state index in [0.29, 0.717) is 18.9 Å². The van der Waals surface area contributed by atoms with Crippen LogP contribution in [0.25, 0.3) is 0 Å². The molecule has 1 saturated carbocycles. The number of hydrogen-bond donors (Lipinski definition) is 2. The van der Waals surface area contributed by atoms with Crippen LogP contribution in [0, 0.1) is 11.3 Å². The van der Waals surface area contributed by atoms with Gasteiger partial charge in [-0.25, -0.2) is 0 Å². The molecule has 5 nitrogen and oxygen atoms in total. The first kappa shape index (κ1) is 13.3. The summed E-state index contributed by atoms with van der Waals surface area (Å²) < 4.78 is 5.28. The molecule has 1 heterocycles. The number of carbonyl (C=O) groups is 2. The summed E-state index contributed by atoms with van der Waals surface area (Å²) in [6.45, 7) is 5.72. The van der Waals surface area contributed by atoms with Gasteiger partial charge in [0.2, 0.25) is 0 Å². The minimum absolute atomic E-state index is 0.364. The zero-order valence-corrected chi connectivity index (χ0v) is 11.2. The summed E-state index contributed by atoms with van der Waals surface area (Å²) in [4.78, 5) is 23.5. The summed E-state index contributed by atoms with van der Waals surface area (Å²) in [5.41, 5.74) is -1.54. The Balaban J connectivity index is 2.07. The van der Waals surface area contributed by atoms with Crippen molar-refractivity contribution >= 4 is 11.9 Å². The van der Waals surface area contributed by atoms with E-state index in [2.05, 4.69) is 5.32 Å². The van der Waals surface area contributed by atoms with Crippen LogP contribution >= 0.6 is 0 Å². The van der Waals surface area contributed by atoms with Crippen LogP contribution in [0.1, 0.15) is 40.0 Å². The molecule has 102 valence electrons. The first-order chi connectivity index (χ1) is 8.24. The summed E-state index contributed by atoms with van der Waals surface area (Å²) in [7, 11) is 0. The fraction of sp³-hybridized carbons (Fsp3) is 0.846. The highest BCUT2D eigenvalue weighted by Crippen LogP contribution is 2.45. The minimum atomic E-state index is -0.955. The Morgan fingerprint density at radius 3 is 2.33 bits per heavy atom. The lowest BCUT2D eigenvalue weighted by atomic mass is 9.69. The van der Waals surface area contributed by atoms with Crippen molar-refractivity contribution in [3.63, 3.8) is 0 Å². The molecular formula is C13H21NO4. The maximum absolute atomic E-state index is 12.0. The summed E-state index contributed by atoms with van der Waals surface area (Å²) >= 11 is 0. The number of ether oxygens (including phenoxy) is 1. The van der Waals surface area contributed by atoms with Crippen LogP contribution in [-0.4, -0.2) is 35.2 Å². The van der Waals surface area contributed by atoms with Crippen molar-refractivity contribution in [3.05, 3.63) is 0 Å². The molecule has 2 N–H and O–H groups in total. The third kappa shape index (κ3) is 2.51. The lowest BCUT2D eigenvalue weighted by Crippen LogP contribution is -2.70. The highest BCUT2D eigenvalue weighted by molar-refractivity contribution is 5.89. The van der Waals surface area contributed by atoms with Gasteiger partial charge in [-0.15, -0.1) is 0 Å². The van der Waals surface area contributed by atoms with Crippen molar-refractivity contribution in [2.24, 2.45) is 11.3 Å². The van der Waals surface area contributed by atoms with E-state index in [9.17, 15) is 14.7 Å². The largest absolute Gasteiger partial charge is 0.481 e. The Morgan fingerprint density at radius 2 is 2.00 bits per heavy atom. The molecule has 0 spiro atoms. The van der Waals surface area contributed by atoms with E-state index in [-0.39, 0.29) is 0 Å². The van der Waals surface area contributed by atoms with Crippen LogP contribution in [0.2, 0.25) is 0 Å². The molecule has 0 aromatic heterocycles. The van der Waals surface area contributed by atoms with Crippen LogP contribution in [0.15, 0.2) is 0 Å². The summed E-state index contributed by atoms with van der Waals surface area (Å²) in [6.07, 6.45) is 2.74. The molecule has 5 heteroatoms. The molecule has 1 aliphatic heterocycles. The first-order valence-corrected chi connectivity index (χ1v) is 6.44. The van der Waals surface area contributed by atoms with Crippen molar-refractivity contribution in [2.75, 3.05) is 6.54 Å². The number of carboxylic acid groups (broad SMARTS) is 1. The predicted molar refractivity (Wildman–Crippen MR) is 65.0 cm³/mol. The summed E-state index contributed by atoms with van der Waals surface area (Å²) in [5.74, 6) is -0.867. The van der Waals surface area contributed by atoms with Crippen LogP contribution < -0.4 is 5.32 Å². The lowest BCUT2D eigenvalue weighted by molar-refractivity contribution is -0.177. The van der Waals surface area contributed by atoms with E-state index >= 15 is 0 Å². The van der Waals surface area contributed by atoms with Gasteiger partial charge in [0.1, 0.15) is 17.1 Å². The number of nitrogens with one attached hydrogen (secondary N) is 1. The van der Waals surface area contributed by atoms with Gasteiger partial charge in [-0.3, -0.25) is 9.59 Å². The minimum Gasteiger partial charge on any atom is -0.481 e. The van der Waals surface area contributed by atoms with Crippen LogP contribution in [0.3, 0.4) is 0 Å². The summed E-state index contributed by atoms with van der Waals surface area (Å²) in [5, 5.41) is 12.3. The number of aliphatic carboxylic acids is 1. The molecule has 0 radical (unpaired) electrons. The van der Waals surface area contributed by atoms with Gasteiger partial charge in [0.15, 0.2) is 0 Å². The Morgan fingerprint density at radius 1 is 1.39 bits per heavy atom. The van der Waals surface area contributed by atoms with Crippen molar-refractivity contribution < 1.29 is 19.4 Å². The molecule has 0 bridgehead atoms. The maximum Gasteiger partial charge on any atom is 0.324 e.